The Labute approximate surface area is 101 Å². The van der Waals surface area contributed by atoms with E-state index in [1.54, 1.807) is 7.11 Å². The Balaban J connectivity index is 2.27. The van der Waals surface area contributed by atoms with Crippen LogP contribution in [-0.4, -0.2) is 18.2 Å². The lowest BCUT2D eigenvalue weighted by molar-refractivity contribution is -0.00436. The van der Waals surface area contributed by atoms with Gasteiger partial charge in [-0.15, -0.1) is 0 Å². The summed E-state index contributed by atoms with van der Waals surface area (Å²) in [5.41, 5.74) is 3.66. The number of methoxy groups -OCH3 is 1. The van der Waals surface area contributed by atoms with Gasteiger partial charge in [-0.3, -0.25) is 0 Å². The normalized spacial score (nSPS) is 23.7. The summed E-state index contributed by atoms with van der Waals surface area (Å²) in [4.78, 5) is 3.49. The number of hydrogen-bond donors (Lipinski definition) is 1. The van der Waals surface area contributed by atoms with E-state index in [9.17, 15) is 0 Å². The highest BCUT2D eigenvalue weighted by Crippen LogP contribution is 2.38. The van der Waals surface area contributed by atoms with Gasteiger partial charge in [0.15, 0.2) is 0 Å². The van der Waals surface area contributed by atoms with Crippen molar-refractivity contribution in [1.82, 2.24) is 4.98 Å². The third-order valence-corrected chi connectivity index (χ3v) is 3.47. The highest BCUT2D eigenvalue weighted by atomic mass is 16.5. The lowest BCUT2D eigenvalue weighted by atomic mass is 9.99. The first-order valence-corrected chi connectivity index (χ1v) is 6.03. The summed E-state index contributed by atoms with van der Waals surface area (Å²) in [6.07, 6.45) is 1.36. The van der Waals surface area contributed by atoms with Crippen LogP contribution in [-0.2, 0) is 11.2 Å². The second-order valence-electron chi connectivity index (χ2n) is 4.69. The molecule has 0 spiro atoms. The van der Waals surface area contributed by atoms with Crippen molar-refractivity contribution in [3.8, 4) is 5.75 Å². The largest absolute Gasteiger partial charge is 0.495 e. The number of aromatic amines is 1. The van der Waals surface area contributed by atoms with Crippen LogP contribution in [0.2, 0.25) is 0 Å². The molecule has 0 aliphatic carbocycles. The minimum absolute atomic E-state index is 0.148. The Bertz CT molecular complexity index is 559. The molecule has 90 valence electrons. The van der Waals surface area contributed by atoms with Crippen molar-refractivity contribution in [2.24, 2.45) is 0 Å². The number of rotatable bonds is 1. The number of aromatic nitrogens is 1. The molecule has 2 heterocycles. The molecular weight excluding hydrogens is 214 g/mol. The highest BCUT2D eigenvalue weighted by molar-refractivity contribution is 5.90. The van der Waals surface area contributed by atoms with E-state index in [2.05, 4.69) is 24.9 Å². The Morgan fingerprint density at radius 1 is 1.35 bits per heavy atom. The molecule has 1 aromatic carbocycles. The molecule has 1 aliphatic rings. The zero-order valence-electron chi connectivity index (χ0n) is 10.4. The molecule has 17 heavy (non-hydrogen) atoms. The minimum atomic E-state index is 0.148. The van der Waals surface area contributed by atoms with Crippen LogP contribution in [0.15, 0.2) is 18.2 Å². The van der Waals surface area contributed by atoms with E-state index < -0.39 is 0 Å². The van der Waals surface area contributed by atoms with E-state index in [1.807, 2.05) is 12.1 Å². The Morgan fingerprint density at radius 2 is 2.18 bits per heavy atom. The zero-order valence-corrected chi connectivity index (χ0v) is 10.4. The van der Waals surface area contributed by atoms with Crippen LogP contribution in [0.4, 0.5) is 0 Å². The predicted octanol–water partition coefficient (Wildman–Crippen LogP) is 3.20. The molecule has 2 aromatic rings. The summed E-state index contributed by atoms with van der Waals surface area (Å²) in [5.74, 6) is 0.900. The SMILES string of the molecule is COc1cccc2c3c([nH]c12)CC(C)OC3C. The van der Waals surface area contributed by atoms with E-state index in [0.717, 1.165) is 17.7 Å². The molecule has 1 aliphatic heterocycles. The zero-order chi connectivity index (χ0) is 12.0. The number of hydrogen-bond acceptors (Lipinski definition) is 2. The van der Waals surface area contributed by atoms with Crippen molar-refractivity contribution in [1.29, 1.82) is 0 Å². The molecule has 3 heteroatoms. The van der Waals surface area contributed by atoms with Crippen LogP contribution < -0.4 is 4.74 Å². The van der Waals surface area contributed by atoms with Crippen molar-refractivity contribution < 1.29 is 9.47 Å². The van der Waals surface area contributed by atoms with Gasteiger partial charge in [0, 0.05) is 23.1 Å². The topological polar surface area (TPSA) is 34.2 Å². The lowest BCUT2D eigenvalue weighted by Gasteiger charge is -2.25. The first kappa shape index (κ1) is 10.7. The molecule has 0 amide bonds. The van der Waals surface area contributed by atoms with Crippen LogP contribution >= 0.6 is 0 Å². The van der Waals surface area contributed by atoms with Crippen molar-refractivity contribution in [2.75, 3.05) is 7.11 Å². The first-order valence-electron chi connectivity index (χ1n) is 6.03. The molecule has 2 atom stereocenters. The molecule has 0 saturated carbocycles. The summed E-state index contributed by atoms with van der Waals surface area (Å²) in [6, 6.07) is 6.14. The van der Waals surface area contributed by atoms with Crippen LogP contribution in [0.25, 0.3) is 10.9 Å². The molecule has 1 aromatic heterocycles. The van der Waals surface area contributed by atoms with Gasteiger partial charge < -0.3 is 14.5 Å². The molecule has 0 fully saturated rings. The fourth-order valence-corrected chi connectivity index (χ4v) is 2.81. The van der Waals surface area contributed by atoms with Crippen molar-refractivity contribution >= 4 is 10.9 Å². The Morgan fingerprint density at radius 3 is 2.94 bits per heavy atom. The second kappa shape index (κ2) is 3.77. The highest BCUT2D eigenvalue weighted by Gasteiger charge is 2.26. The van der Waals surface area contributed by atoms with E-state index in [0.29, 0.717) is 0 Å². The van der Waals surface area contributed by atoms with Gasteiger partial charge in [0.25, 0.3) is 0 Å². The third-order valence-electron chi connectivity index (χ3n) is 3.47. The smallest absolute Gasteiger partial charge is 0.142 e. The van der Waals surface area contributed by atoms with Gasteiger partial charge in [-0.05, 0) is 19.9 Å². The maximum Gasteiger partial charge on any atom is 0.142 e. The molecule has 0 radical (unpaired) electrons. The van der Waals surface area contributed by atoms with Crippen LogP contribution in [0.3, 0.4) is 0 Å². The van der Waals surface area contributed by atoms with Crippen molar-refractivity contribution in [2.45, 2.75) is 32.5 Å². The van der Waals surface area contributed by atoms with Gasteiger partial charge in [0.1, 0.15) is 5.75 Å². The van der Waals surface area contributed by atoms with Crippen LogP contribution in [0.5, 0.6) is 5.75 Å². The summed E-state index contributed by atoms with van der Waals surface area (Å²) in [7, 11) is 1.71. The standard InChI is InChI=1S/C14H17NO2/c1-8-7-11-13(9(2)17-8)10-5-4-6-12(16-3)14(10)15-11/h4-6,8-9,15H,7H2,1-3H3. The van der Waals surface area contributed by atoms with Crippen LogP contribution in [0, 0.1) is 0 Å². The van der Waals surface area contributed by atoms with E-state index in [4.69, 9.17) is 9.47 Å². The molecular formula is C14H17NO2. The summed E-state index contributed by atoms with van der Waals surface area (Å²) in [6.45, 7) is 4.23. The quantitative estimate of drug-likeness (QED) is 0.817. The first-order chi connectivity index (χ1) is 8.20. The van der Waals surface area contributed by atoms with Crippen molar-refractivity contribution in [3.63, 3.8) is 0 Å². The molecule has 0 bridgehead atoms. The van der Waals surface area contributed by atoms with Crippen LogP contribution in [0.1, 0.15) is 31.2 Å². The summed E-state index contributed by atoms with van der Waals surface area (Å²) >= 11 is 0. The average Bonchev–Trinajstić information content (AvgIpc) is 2.66. The van der Waals surface area contributed by atoms with Gasteiger partial charge >= 0.3 is 0 Å². The molecule has 3 nitrogen and oxygen atoms in total. The Kier molecular flexibility index (Phi) is 2.37. The Hall–Kier alpha value is -1.48. The fraction of sp³-hybridized carbons (Fsp3) is 0.429. The van der Waals surface area contributed by atoms with E-state index in [1.165, 1.54) is 16.6 Å². The summed E-state index contributed by atoms with van der Waals surface area (Å²) < 4.78 is 11.3. The predicted molar refractivity (Wildman–Crippen MR) is 67.5 cm³/mol. The maximum atomic E-state index is 5.89. The van der Waals surface area contributed by atoms with Gasteiger partial charge in [-0.1, -0.05) is 12.1 Å². The monoisotopic (exact) mass is 231 g/mol. The third kappa shape index (κ3) is 1.53. The molecule has 2 unspecified atom stereocenters. The lowest BCUT2D eigenvalue weighted by Crippen LogP contribution is -2.21. The number of nitrogens with one attached hydrogen (secondary N) is 1. The van der Waals surface area contributed by atoms with Gasteiger partial charge in [-0.25, -0.2) is 0 Å². The molecule has 0 saturated heterocycles. The number of benzene rings is 1. The molecule has 1 N–H and O–H groups in total. The van der Waals surface area contributed by atoms with Crippen molar-refractivity contribution in [3.05, 3.63) is 29.5 Å². The fourth-order valence-electron chi connectivity index (χ4n) is 2.81. The number of H-pyrrole nitrogens is 1. The van der Waals surface area contributed by atoms with Gasteiger partial charge in [0.2, 0.25) is 0 Å². The number of para-hydroxylation sites is 1. The number of ether oxygens (including phenoxy) is 2. The van der Waals surface area contributed by atoms with E-state index in [-0.39, 0.29) is 12.2 Å². The van der Waals surface area contributed by atoms with E-state index >= 15 is 0 Å². The summed E-state index contributed by atoms with van der Waals surface area (Å²) in [5, 5.41) is 1.22. The number of fused-ring (bicyclic) bond motifs is 3. The second-order valence-corrected chi connectivity index (χ2v) is 4.69. The maximum absolute atomic E-state index is 5.89. The molecule has 3 rings (SSSR count). The average molecular weight is 231 g/mol. The van der Waals surface area contributed by atoms with Gasteiger partial charge in [-0.2, -0.15) is 0 Å². The van der Waals surface area contributed by atoms with Gasteiger partial charge in [0.05, 0.1) is 24.8 Å². The minimum Gasteiger partial charge on any atom is -0.495 e.